The zero-order chi connectivity index (χ0) is 32.7. The summed E-state index contributed by atoms with van der Waals surface area (Å²) < 4.78 is 62.4. The number of carbonyl (C=O) groups excluding carboxylic acids is 3. The van der Waals surface area contributed by atoms with Crippen molar-refractivity contribution < 1.29 is 40.7 Å². The van der Waals surface area contributed by atoms with Crippen LogP contribution in [-0.4, -0.2) is 84.1 Å². The molecule has 3 atom stereocenters. The van der Waals surface area contributed by atoms with Crippen LogP contribution in [0.3, 0.4) is 0 Å². The monoisotopic (exact) mass is 673 g/mol. The quantitative estimate of drug-likeness (QED) is 0.208. The molecule has 1 aliphatic rings. The van der Waals surface area contributed by atoms with Gasteiger partial charge in [0.2, 0.25) is 26.0 Å². The molecule has 242 valence electrons. The van der Waals surface area contributed by atoms with Gasteiger partial charge in [0.05, 0.1) is 36.5 Å². The molecule has 0 radical (unpaired) electrons. The van der Waals surface area contributed by atoms with Gasteiger partial charge in [0, 0.05) is 0 Å². The summed E-state index contributed by atoms with van der Waals surface area (Å²) in [4.78, 5) is 38.9. The summed E-state index contributed by atoms with van der Waals surface area (Å²) in [6, 6.07) is 9.52. The van der Waals surface area contributed by atoms with Crippen LogP contribution in [-0.2, 0) is 50.3 Å². The zero-order valence-corrected chi connectivity index (χ0v) is 26.8. The molecule has 0 fully saturated rings. The second-order valence-electron chi connectivity index (χ2n) is 9.88. The SMILES string of the molecule is CCOC(=O)CN(CC1Nc2cc(Cl)c(S(N)(=O)=O)cc2S(=O)(=O)N1)C(=O)[C@H](C)N[C@@H](CCc1ccccc1)C(=O)OCC. The summed E-state index contributed by atoms with van der Waals surface area (Å²) in [6.45, 7) is 4.08. The number of anilines is 1. The zero-order valence-electron chi connectivity index (χ0n) is 24.4. The van der Waals surface area contributed by atoms with Crippen molar-refractivity contribution in [2.75, 3.05) is 31.6 Å². The molecule has 0 aliphatic carbocycles. The van der Waals surface area contributed by atoms with Crippen molar-refractivity contribution >= 4 is 55.2 Å². The first-order valence-corrected chi connectivity index (χ1v) is 17.1. The lowest BCUT2D eigenvalue weighted by Gasteiger charge is -2.34. The third kappa shape index (κ3) is 9.36. The summed E-state index contributed by atoms with van der Waals surface area (Å²) in [5, 5.41) is 10.7. The van der Waals surface area contributed by atoms with E-state index in [1.807, 2.05) is 30.3 Å². The minimum atomic E-state index is -4.33. The molecule has 44 heavy (non-hydrogen) atoms. The Morgan fingerprint density at radius 3 is 2.39 bits per heavy atom. The van der Waals surface area contributed by atoms with Gasteiger partial charge in [-0.25, -0.2) is 22.0 Å². The highest BCUT2D eigenvalue weighted by Crippen LogP contribution is 2.33. The van der Waals surface area contributed by atoms with E-state index in [0.717, 1.165) is 22.6 Å². The summed E-state index contributed by atoms with van der Waals surface area (Å²) in [5.74, 6) is -1.91. The highest BCUT2D eigenvalue weighted by Gasteiger charge is 2.35. The fourth-order valence-corrected chi connectivity index (χ4v) is 7.06. The molecule has 0 aromatic heterocycles. The predicted molar refractivity (Wildman–Crippen MR) is 162 cm³/mol. The lowest BCUT2D eigenvalue weighted by molar-refractivity contribution is -0.150. The molecular formula is C27H36ClN5O9S2. The lowest BCUT2D eigenvalue weighted by atomic mass is 10.0. The summed E-state index contributed by atoms with van der Waals surface area (Å²) in [5.41, 5.74) is 0.947. The number of nitrogens with two attached hydrogens (primary N) is 1. The number of primary sulfonamides is 1. The number of sulfonamides is 2. The molecule has 14 nitrogen and oxygen atoms in total. The van der Waals surface area contributed by atoms with Gasteiger partial charge in [-0.05, 0) is 51.3 Å². The van der Waals surface area contributed by atoms with Crippen molar-refractivity contribution in [1.29, 1.82) is 0 Å². The number of esters is 2. The number of amides is 1. The molecule has 1 heterocycles. The maximum absolute atomic E-state index is 13.7. The molecule has 0 saturated heterocycles. The summed E-state index contributed by atoms with van der Waals surface area (Å²) >= 11 is 6.06. The minimum Gasteiger partial charge on any atom is -0.465 e. The maximum atomic E-state index is 13.7. The molecule has 1 unspecified atom stereocenters. The number of rotatable bonds is 14. The minimum absolute atomic E-state index is 0.0378. The van der Waals surface area contributed by atoms with Crippen LogP contribution in [0.4, 0.5) is 5.69 Å². The Bertz CT molecular complexity index is 1570. The first kappa shape index (κ1) is 35.2. The third-order valence-electron chi connectivity index (χ3n) is 6.55. The van der Waals surface area contributed by atoms with E-state index in [9.17, 15) is 31.2 Å². The van der Waals surface area contributed by atoms with Crippen molar-refractivity contribution in [2.24, 2.45) is 5.14 Å². The number of aryl methyl sites for hydroxylation is 1. The number of nitrogens with zero attached hydrogens (tertiary/aromatic N) is 1. The van der Waals surface area contributed by atoms with Crippen LogP contribution < -0.4 is 20.5 Å². The second kappa shape index (κ2) is 15.1. The topological polar surface area (TPSA) is 203 Å². The Morgan fingerprint density at radius 2 is 1.77 bits per heavy atom. The molecule has 0 saturated carbocycles. The van der Waals surface area contributed by atoms with Crippen LogP contribution >= 0.6 is 11.6 Å². The fourth-order valence-electron chi connectivity index (χ4n) is 4.57. The number of fused-ring (bicyclic) bond motifs is 1. The first-order valence-electron chi connectivity index (χ1n) is 13.7. The van der Waals surface area contributed by atoms with Gasteiger partial charge >= 0.3 is 11.9 Å². The van der Waals surface area contributed by atoms with Crippen LogP contribution in [0.1, 0.15) is 32.8 Å². The number of benzene rings is 2. The number of nitrogens with one attached hydrogen (secondary N) is 3. The van der Waals surface area contributed by atoms with E-state index in [1.165, 1.54) is 6.92 Å². The van der Waals surface area contributed by atoms with Gasteiger partial charge in [0.1, 0.15) is 28.5 Å². The van der Waals surface area contributed by atoms with E-state index in [4.69, 9.17) is 26.2 Å². The largest absolute Gasteiger partial charge is 0.465 e. The van der Waals surface area contributed by atoms with Gasteiger partial charge in [0.25, 0.3) is 0 Å². The van der Waals surface area contributed by atoms with Gasteiger partial charge in [-0.15, -0.1) is 0 Å². The van der Waals surface area contributed by atoms with Crippen LogP contribution in [0, 0.1) is 0 Å². The van der Waals surface area contributed by atoms with Gasteiger partial charge in [-0.3, -0.25) is 19.7 Å². The average Bonchev–Trinajstić information content (AvgIpc) is 2.93. The smallest absolute Gasteiger partial charge is 0.325 e. The van der Waals surface area contributed by atoms with Gasteiger partial charge in [-0.2, -0.15) is 4.72 Å². The maximum Gasteiger partial charge on any atom is 0.325 e. The van der Waals surface area contributed by atoms with E-state index in [1.54, 1.807) is 13.8 Å². The highest BCUT2D eigenvalue weighted by atomic mass is 35.5. The van der Waals surface area contributed by atoms with Crippen LogP contribution in [0.15, 0.2) is 52.3 Å². The molecule has 1 aliphatic heterocycles. The molecule has 2 aromatic rings. The van der Waals surface area contributed by atoms with Crippen LogP contribution in [0.5, 0.6) is 0 Å². The van der Waals surface area contributed by atoms with E-state index >= 15 is 0 Å². The highest BCUT2D eigenvalue weighted by molar-refractivity contribution is 7.90. The molecule has 0 bridgehead atoms. The average molecular weight is 674 g/mol. The van der Waals surface area contributed by atoms with Crippen molar-refractivity contribution in [2.45, 2.75) is 61.7 Å². The number of carbonyl (C=O) groups is 3. The molecule has 1 amide bonds. The van der Waals surface area contributed by atoms with E-state index in [0.29, 0.717) is 12.8 Å². The summed E-state index contributed by atoms with van der Waals surface area (Å²) in [7, 11) is -8.64. The summed E-state index contributed by atoms with van der Waals surface area (Å²) in [6.07, 6.45) is -0.318. The Balaban J connectivity index is 1.83. The second-order valence-corrected chi connectivity index (χ2v) is 13.5. The molecule has 17 heteroatoms. The molecule has 2 aromatic carbocycles. The number of hydrogen-bond acceptors (Lipinski definition) is 11. The van der Waals surface area contributed by atoms with E-state index < -0.39 is 72.5 Å². The Hall–Kier alpha value is -3.28. The van der Waals surface area contributed by atoms with Gasteiger partial charge in [0.15, 0.2) is 0 Å². The van der Waals surface area contributed by atoms with Gasteiger partial charge in [-0.1, -0.05) is 41.9 Å². The molecule has 3 rings (SSSR count). The van der Waals surface area contributed by atoms with Crippen molar-refractivity contribution in [3.05, 3.63) is 53.1 Å². The first-order chi connectivity index (χ1) is 20.7. The third-order valence-corrected chi connectivity index (χ3v) is 9.44. The normalized spacial score (nSPS) is 17.0. The van der Waals surface area contributed by atoms with Crippen molar-refractivity contribution in [3.63, 3.8) is 0 Å². The van der Waals surface area contributed by atoms with Crippen molar-refractivity contribution in [1.82, 2.24) is 14.9 Å². The standard InChI is InChI=1S/C27H36ClN5O9S2/c1-4-41-25(34)16-33(15-24-31-21-13-19(28)22(43(29,37)38)14-23(21)44(39,40)32-24)26(35)17(3)30-20(27(36)42-5-2)12-11-18-9-7-6-8-10-18/h6-10,13-14,17,20,24,30-32H,4-5,11-12,15-16H2,1-3H3,(H2,29,37,38)/t17-,20-,24?/m0/s1. The lowest BCUT2D eigenvalue weighted by Crippen LogP contribution is -2.57. The molecule has 0 spiro atoms. The number of halogens is 1. The Kier molecular flexibility index (Phi) is 12.1. The molecule has 5 N–H and O–H groups in total. The molecular weight excluding hydrogens is 638 g/mol. The van der Waals surface area contributed by atoms with Crippen LogP contribution in [0.25, 0.3) is 0 Å². The van der Waals surface area contributed by atoms with Gasteiger partial charge < -0.3 is 19.7 Å². The number of hydrogen-bond donors (Lipinski definition) is 4. The van der Waals surface area contributed by atoms with Crippen molar-refractivity contribution in [3.8, 4) is 0 Å². The van der Waals surface area contributed by atoms with E-state index in [2.05, 4.69) is 15.4 Å². The number of ether oxygens (including phenoxy) is 2. The fraction of sp³-hybridized carbons (Fsp3) is 0.444. The van der Waals surface area contributed by atoms with Crippen LogP contribution in [0.2, 0.25) is 5.02 Å². The predicted octanol–water partition coefficient (Wildman–Crippen LogP) is 0.952. The Labute approximate surface area is 261 Å². The Morgan fingerprint density at radius 1 is 1.11 bits per heavy atom. The van der Waals surface area contributed by atoms with E-state index in [-0.39, 0.29) is 30.5 Å².